The van der Waals surface area contributed by atoms with Gasteiger partial charge in [0, 0.05) is 17.0 Å². The normalized spacial score (nSPS) is 22.4. The van der Waals surface area contributed by atoms with Crippen LogP contribution >= 0.6 is 34.5 Å². The van der Waals surface area contributed by atoms with E-state index in [1.165, 1.54) is 11.3 Å². The Morgan fingerprint density at radius 1 is 1.39 bits per heavy atom. The third-order valence-electron chi connectivity index (χ3n) is 2.81. The summed E-state index contributed by atoms with van der Waals surface area (Å²) < 4.78 is 6.44. The molecule has 0 saturated heterocycles. The van der Waals surface area contributed by atoms with Crippen molar-refractivity contribution in [2.45, 2.75) is 18.6 Å². The van der Waals surface area contributed by atoms with Gasteiger partial charge in [-0.25, -0.2) is 4.98 Å². The lowest BCUT2D eigenvalue weighted by molar-refractivity contribution is 0.0656. The summed E-state index contributed by atoms with van der Waals surface area (Å²) in [5, 5.41) is 11.5. The molecule has 2 aromatic rings. The van der Waals surface area contributed by atoms with Gasteiger partial charge in [-0.3, -0.25) is 0 Å². The molecule has 0 bridgehead atoms. The monoisotopic (exact) mass is 301 g/mol. The van der Waals surface area contributed by atoms with Crippen LogP contribution in [0.3, 0.4) is 0 Å². The minimum Gasteiger partial charge on any atom is -0.483 e. The Morgan fingerprint density at radius 2 is 2.22 bits per heavy atom. The lowest BCUT2D eigenvalue weighted by Gasteiger charge is -2.28. The maximum Gasteiger partial charge on any atom is 0.153 e. The van der Waals surface area contributed by atoms with Gasteiger partial charge in [-0.1, -0.05) is 23.2 Å². The molecule has 0 spiro atoms. The Kier molecular flexibility index (Phi) is 3.20. The van der Waals surface area contributed by atoms with E-state index in [1.54, 1.807) is 24.4 Å². The van der Waals surface area contributed by atoms with Crippen molar-refractivity contribution in [3.63, 3.8) is 0 Å². The molecule has 0 aliphatic carbocycles. The highest BCUT2D eigenvalue weighted by molar-refractivity contribution is 7.15. The van der Waals surface area contributed by atoms with Crippen LogP contribution in [-0.2, 0) is 0 Å². The zero-order valence-electron chi connectivity index (χ0n) is 9.14. The highest BCUT2D eigenvalue weighted by atomic mass is 35.5. The molecule has 18 heavy (non-hydrogen) atoms. The summed E-state index contributed by atoms with van der Waals surface area (Å²) in [6, 6.07) is 5.24. The quantitative estimate of drug-likeness (QED) is 0.865. The molecule has 0 amide bonds. The van der Waals surface area contributed by atoms with Crippen LogP contribution in [0.1, 0.15) is 29.2 Å². The molecule has 94 valence electrons. The average Bonchev–Trinajstić information content (AvgIpc) is 2.77. The summed E-state index contributed by atoms with van der Waals surface area (Å²) in [5.74, 6) is 0.648. The van der Waals surface area contributed by atoms with Crippen LogP contribution in [0, 0.1) is 0 Å². The molecule has 1 N–H and O–H groups in total. The number of nitrogens with zero attached hydrogens (tertiary/aromatic N) is 1. The van der Waals surface area contributed by atoms with Crippen molar-refractivity contribution in [2.24, 2.45) is 0 Å². The number of hydrogen-bond donors (Lipinski definition) is 1. The van der Waals surface area contributed by atoms with Crippen molar-refractivity contribution < 1.29 is 9.84 Å². The zero-order chi connectivity index (χ0) is 12.7. The van der Waals surface area contributed by atoms with E-state index in [0.717, 1.165) is 10.6 Å². The highest BCUT2D eigenvalue weighted by Gasteiger charge is 2.29. The van der Waals surface area contributed by atoms with Gasteiger partial charge in [0.1, 0.15) is 15.1 Å². The van der Waals surface area contributed by atoms with E-state index in [4.69, 9.17) is 27.9 Å². The number of fused-ring (bicyclic) bond motifs is 1. The maximum absolute atomic E-state index is 10.1. The Bertz CT molecular complexity index is 587. The molecule has 1 aromatic carbocycles. The first-order chi connectivity index (χ1) is 8.63. The fourth-order valence-corrected chi connectivity index (χ4v) is 3.14. The Hall–Kier alpha value is -0.810. The molecule has 0 fully saturated rings. The average molecular weight is 302 g/mol. The van der Waals surface area contributed by atoms with Crippen LogP contribution in [0.5, 0.6) is 5.75 Å². The van der Waals surface area contributed by atoms with Crippen molar-refractivity contribution in [3.8, 4) is 5.75 Å². The van der Waals surface area contributed by atoms with Crippen LogP contribution in [0.25, 0.3) is 0 Å². The van der Waals surface area contributed by atoms with Crippen LogP contribution in [0.2, 0.25) is 9.36 Å². The summed E-state index contributed by atoms with van der Waals surface area (Å²) in [5.41, 5.74) is 0.724. The van der Waals surface area contributed by atoms with E-state index < -0.39 is 6.10 Å². The third kappa shape index (κ3) is 2.21. The maximum atomic E-state index is 10.1. The van der Waals surface area contributed by atoms with Crippen LogP contribution in [0.4, 0.5) is 0 Å². The second-order valence-corrected chi connectivity index (χ2v) is 6.17. The fourth-order valence-electron chi connectivity index (χ4n) is 1.99. The number of aliphatic hydroxyl groups is 1. The smallest absolute Gasteiger partial charge is 0.153 e. The van der Waals surface area contributed by atoms with Crippen molar-refractivity contribution >= 4 is 34.5 Å². The molecule has 2 heterocycles. The minimum absolute atomic E-state index is 0.258. The lowest BCUT2D eigenvalue weighted by atomic mass is 9.99. The van der Waals surface area contributed by atoms with Gasteiger partial charge in [-0.2, -0.15) is 0 Å². The number of halogens is 2. The molecule has 6 heteroatoms. The number of rotatable bonds is 1. The first kappa shape index (κ1) is 12.2. The molecular formula is C12H9Cl2NO2S. The summed E-state index contributed by atoms with van der Waals surface area (Å²) in [6.07, 6.45) is 1.19. The largest absolute Gasteiger partial charge is 0.483 e. The van der Waals surface area contributed by atoms with Crippen molar-refractivity contribution in [1.29, 1.82) is 0 Å². The van der Waals surface area contributed by atoms with E-state index in [-0.39, 0.29) is 6.10 Å². The Labute approximate surface area is 118 Å². The number of benzene rings is 1. The molecule has 2 atom stereocenters. The van der Waals surface area contributed by atoms with E-state index in [1.807, 2.05) is 0 Å². The predicted molar refractivity (Wildman–Crippen MR) is 71.5 cm³/mol. The van der Waals surface area contributed by atoms with Gasteiger partial charge in [-0.15, -0.1) is 11.3 Å². The van der Waals surface area contributed by atoms with Gasteiger partial charge in [0.25, 0.3) is 0 Å². The molecular weight excluding hydrogens is 293 g/mol. The standard InChI is InChI=1S/C12H9Cl2NO2S/c13-6-1-2-9-7(3-6)8(16)4-10(17-9)12-15-5-11(14)18-12/h1-3,5,8,10,16H,4H2/t8-,10?/m0/s1. The van der Waals surface area contributed by atoms with Crippen molar-refractivity contribution in [3.05, 3.63) is 44.3 Å². The SMILES string of the molecule is O[C@H]1CC(c2ncc(Cl)s2)Oc2ccc(Cl)cc21. The third-order valence-corrected chi connectivity index (χ3v) is 4.25. The summed E-state index contributed by atoms with van der Waals surface area (Å²) in [7, 11) is 0. The Morgan fingerprint density at radius 3 is 2.94 bits per heavy atom. The summed E-state index contributed by atoms with van der Waals surface area (Å²) >= 11 is 13.1. The second kappa shape index (κ2) is 4.70. The van der Waals surface area contributed by atoms with Gasteiger partial charge >= 0.3 is 0 Å². The van der Waals surface area contributed by atoms with Gasteiger partial charge in [0.05, 0.1) is 12.3 Å². The number of aliphatic hydroxyl groups excluding tert-OH is 1. The second-order valence-electron chi connectivity index (χ2n) is 4.04. The number of ether oxygens (including phenoxy) is 1. The molecule has 1 aliphatic rings. The van der Waals surface area contributed by atoms with Gasteiger partial charge in [0.15, 0.2) is 6.10 Å². The molecule has 3 nitrogen and oxygen atoms in total. The Balaban J connectivity index is 1.94. The first-order valence-corrected chi connectivity index (χ1v) is 6.96. The van der Waals surface area contributed by atoms with Crippen LogP contribution in [-0.4, -0.2) is 10.1 Å². The van der Waals surface area contributed by atoms with Crippen LogP contribution < -0.4 is 4.74 Å². The van der Waals surface area contributed by atoms with Crippen molar-refractivity contribution in [2.75, 3.05) is 0 Å². The van der Waals surface area contributed by atoms with Crippen LogP contribution in [0.15, 0.2) is 24.4 Å². The molecule has 1 unspecified atom stereocenters. The lowest BCUT2D eigenvalue weighted by Crippen LogP contribution is -2.18. The minimum atomic E-state index is -0.597. The number of thiazole rings is 1. The van der Waals surface area contributed by atoms with Crippen molar-refractivity contribution in [1.82, 2.24) is 4.98 Å². The molecule has 1 aromatic heterocycles. The zero-order valence-corrected chi connectivity index (χ0v) is 11.5. The van der Waals surface area contributed by atoms with E-state index >= 15 is 0 Å². The van der Waals surface area contributed by atoms with E-state index in [0.29, 0.717) is 21.5 Å². The summed E-state index contributed by atoms with van der Waals surface area (Å²) in [4.78, 5) is 4.19. The highest BCUT2D eigenvalue weighted by Crippen LogP contribution is 2.42. The van der Waals surface area contributed by atoms with Gasteiger partial charge < -0.3 is 9.84 Å². The number of aromatic nitrogens is 1. The van der Waals surface area contributed by atoms with Gasteiger partial charge in [-0.05, 0) is 18.2 Å². The molecule has 3 rings (SSSR count). The first-order valence-electron chi connectivity index (χ1n) is 5.39. The molecule has 1 aliphatic heterocycles. The topological polar surface area (TPSA) is 42.4 Å². The number of hydrogen-bond acceptors (Lipinski definition) is 4. The van der Waals surface area contributed by atoms with E-state index in [2.05, 4.69) is 4.98 Å². The fraction of sp³-hybridized carbons (Fsp3) is 0.250. The molecule has 0 radical (unpaired) electrons. The summed E-state index contributed by atoms with van der Waals surface area (Å²) in [6.45, 7) is 0. The predicted octanol–water partition coefficient (Wildman–Crippen LogP) is 4.01. The molecule has 0 saturated carbocycles. The van der Waals surface area contributed by atoms with Gasteiger partial charge in [0.2, 0.25) is 0 Å². The van der Waals surface area contributed by atoms with E-state index in [9.17, 15) is 5.11 Å².